The number of carbonyl (C=O) groups excluding carboxylic acids is 2. The third-order valence-electron chi connectivity index (χ3n) is 4.80. The molecule has 0 bridgehead atoms. The van der Waals surface area contributed by atoms with E-state index >= 15 is 0 Å². The van der Waals surface area contributed by atoms with E-state index in [1.54, 1.807) is 35.2 Å². The maximum absolute atomic E-state index is 13.3. The van der Waals surface area contributed by atoms with Crippen LogP contribution in [0.3, 0.4) is 0 Å². The van der Waals surface area contributed by atoms with Crippen LogP contribution in [0, 0.1) is 0 Å². The summed E-state index contributed by atoms with van der Waals surface area (Å²) in [5.74, 6) is 0.437. The number of thioether (sulfide) groups is 1. The first-order valence-corrected chi connectivity index (χ1v) is 13.0. The molecule has 0 aliphatic heterocycles. The van der Waals surface area contributed by atoms with Gasteiger partial charge in [-0.05, 0) is 42.7 Å². The van der Waals surface area contributed by atoms with Crippen LogP contribution in [0.1, 0.15) is 37.8 Å². The summed E-state index contributed by atoms with van der Waals surface area (Å²) < 4.78 is 0. The molecule has 0 aromatic heterocycles. The Morgan fingerprint density at radius 3 is 2.28 bits per heavy atom. The molecular formula is C23H26Cl4N2O2S. The lowest BCUT2D eigenvalue weighted by atomic mass is 10.1. The Morgan fingerprint density at radius 1 is 1.00 bits per heavy atom. The van der Waals surface area contributed by atoms with E-state index in [9.17, 15) is 9.59 Å². The summed E-state index contributed by atoms with van der Waals surface area (Å²) in [7, 11) is 0. The van der Waals surface area contributed by atoms with Gasteiger partial charge >= 0.3 is 0 Å². The van der Waals surface area contributed by atoms with Gasteiger partial charge in [-0.2, -0.15) is 0 Å². The summed E-state index contributed by atoms with van der Waals surface area (Å²) in [4.78, 5) is 27.6. The Kier molecular flexibility index (Phi) is 11.5. The molecule has 0 saturated carbocycles. The number of benzene rings is 2. The zero-order valence-electron chi connectivity index (χ0n) is 18.0. The Bertz CT molecular complexity index is 922. The van der Waals surface area contributed by atoms with Crippen molar-refractivity contribution in [2.45, 2.75) is 45.0 Å². The molecular weight excluding hydrogens is 510 g/mol. The second kappa shape index (κ2) is 13.6. The highest BCUT2D eigenvalue weighted by atomic mass is 35.5. The van der Waals surface area contributed by atoms with Crippen LogP contribution < -0.4 is 5.32 Å². The number of hydrogen-bond donors (Lipinski definition) is 1. The molecule has 0 spiro atoms. The topological polar surface area (TPSA) is 49.4 Å². The molecule has 174 valence electrons. The molecule has 1 atom stereocenters. The summed E-state index contributed by atoms with van der Waals surface area (Å²) in [5.41, 5.74) is 1.59. The van der Waals surface area contributed by atoms with Gasteiger partial charge in [0.1, 0.15) is 6.04 Å². The summed E-state index contributed by atoms with van der Waals surface area (Å²) in [5, 5.41) is 4.78. The number of nitrogens with one attached hydrogen (secondary N) is 1. The van der Waals surface area contributed by atoms with E-state index in [1.165, 1.54) is 11.8 Å². The van der Waals surface area contributed by atoms with E-state index in [4.69, 9.17) is 46.4 Å². The van der Waals surface area contributed by atoms with Crippen LogP contribution in [-0.4, -0.2) is 35.1 Å². The van der Waals surface area contributed by atoms with Crippen LogP contribution in [0.4, 0.5) is 0 Å². The molecule has 0 heterocycles. The number of amides is 2. The number of carbonyl (C=O) groups is 2. The Labute approximate surface area is 213 Å². The molecule has 2 aromatic rings. The van der Waals surface area contributed by atoms with Crippen molar-refractivity contribution < 1.29 is 9.59 Å². The second-order valence-corrected chi connectivity index (χ2v) is 9.79. The molecule has 2 amide bonds. The lowest BCUT2D eigenvalue weighted by molar-refractivity contribution is -0.139. The predicted octanol–water partition coefficient (Wildman–Crippen LogP) is 6.87. The number of rotatable bonds is 11. The Hall–Kier alpha value is -1.11. The van der Waals surface area contributed by atoms with E-state index in [2.05, 4.69) is 5.32 Å². The molecule has 0 saturated heterocycles. The van der Waals surface area contributed by atoms with Gasteiger partial charge in [0.15, 0.2) is 0 Å². The van der Waals surface area contributed by atoms with Gasteiger partial charge in [0.2, 0.25) is 11.8 Å². The highest BCUT2D eigenvalue weighted by Gasteiger charge is 2.29. The monoisotopic (exact) mass is 534 g/mol. The van der Waals surface area contributed by atoms with E-state index in [1.807, 2.05) is 19.9 Å². The maximum Gasteiger partial charge on any atom is 0.242 e. The highest BCUT2D eigenvalue weighted by molar-refractivity contribution is 7.99. The molecule has 9 heteroatoms. The zero-order chi connectivity index (χ0) is 23.7. The van der Waals surface area contributed by atoms with Gasteiger partial charge in [0, 0.05) is 34.5 Å². The van der Waals surface area contributed by atoms with E-state index < -0.39 is 6.04 Å². The SMILES string of the molecule is CCCNC(=O)[C@H](CC)N(Cc1c(Cl)cccc1Cl)C(=O)CSCc1ccc(Cl)c(Cl)c1. The number of hydrogen-bond acceptors (Lipinski definition) is 3. The predicted molar refractivity (Wildman–Crippen MR) is 137 cm³/mol. The summed E-state index contributed by atoms with van der Waals surface area (Å²) in [6.45, 7) is 4.57. The summed E-state index contributed by atoms with van der Waals surface area (Å²) >= 11 is 26.2. The van der Waals surface area contributed by atoms with Crippen LogP contribution in [0.2, 0.25) is 20.1 Å². The minimum absolute atomic E-state index is 0.155. The third kappa shape index (κ3) is 7.74. The zero-order valence-corrected chi connectivity index (χ0v) is 21.8. The van der Waals surface area contributed by atoms with Gasteiger partial charge in [-0.3, -0.25) is 9.59 Å². The fourth-order valence-electron chi connectivity index (χ4n) is 3.11. The lowest BCUT2D eigenvalue weighted by Crippen LogP contribution is -2.49. The van der Waals surface area contributed by atoms with Gasteiger partial charge in [-0.1, -0.05) is 72.4 Å². The molecule has 0 unspecified atom stereocenters. The van der Waals surface area contributed by atoms with Crippen molar-refractivity contribution in [2.24, 2.45) is 0 Å². The second-order valence-electron chi connectivity index (χ2n) is 7.18. The van der Waals surface area contributed by atoms with Crippen molar-refractivity contribution >= 4 is 70.0 Å². The van der Waals surface area contributed by atoms with Crippen LogP contribution in [0.25, 0.3) is 0 Å². The van der Waals surface area contributed by atoms with Crippen molar-refractivity contribution in [3.8, 4) is 0 Å². The molecule has 2 aromatic carbocycles. The molecule has 1 N–H and O–H groups in total. The molecule has 0 aliphatic rings. The van der Waals surface area contributed by atoms with Gasteiger partial charge in [-0.15, -0.1) is 11.8 Å². The van der Waals surface area contributed by atoms with Crippen molar-refractivity contribution in [2.75, 3.05) is 12.3 Å². The summed E-state index contributed by atoms with van der Waals surface area (Å²) in [6.07, 6.45) is 1.28. The first kappa shape index (κ1) is 27.1. The van der Waals surface area contributed by atoms with Gasteiger partial charge < -0.3 is 10.2 Å². The fraction of sp³-hybridized carbons (Fsp3) is 0.391. The quantitative estimate of drug-likeness (QED) is 0.341. The minimum Gasteiger partial charge on any atom is -0.354 e. The van der Waals surface area contributed by atoms with Gasteiger partial charge in [0.25, 0.3) is 0 Å². The molecule has 0 aliphatic carbocycles. The maximum atomic E-state index is 13.3. The largest absolute Gasteiger partial charge is 0.354 e. The van der Waals surface area contributed by atoms with Crippen LogP contribution in [0.5, 0.6) is 0 Å². The smallest absolute Gasteiger partial charge is 0.242 e. The summed E-state index contributed by atoms with van der Waals surface area (Å²) in [6, 6.07) is 9.98. The van der Waals surface area contributed by atoms with E-state index in [0.717, 1.165) is 12.0 Å². The number of nitrogens with zero attached hydrogens (tertiary/aromatic N) is 1. The van der Waals surface area contributed by atoms with Crippen molar-refractivity contribution in [3.63, 3.8) is 0 Å². The minimum atomic E-state index is -0.619. The Morgan fingerprint density at radius 2 is 1.69 bits per heavy atom. The van der Waals surface area contributed by atoms with Gasteiger partial charge in [-0.25, -0.2) is 0 Å². The number of halogens is 4. The average molecular weight is 536 g/mol. The van der Waals surface area contributed by atoms with Crippen LogP contribution in [0.15, 0.2) is 36.4 Å². The Balaban J connectivity index is 2.18. The molecule has 4 nitrogen and oxygen atoms in total. The molecule has 32 heavy (non-hydrogen) atoms. The molecule has 0 radical (unpaired) electrons. The third-order valence-corrected chi connectivity index (χ3v) is 7.24. The van der Waals surface area contributed by atoms with Crippen molar-refractivity contribution in [3.05, 3.63) is 67.6 Å². The van der Waals surface area contributed by atoms with Crippen LogP contribution in [-0.2, 0) is 21.9 Å². The van der Waals surface area contributed by atoms with Gasteiger partial charge in [0.05, 0.1) is 15.8 Å². The lowest BCUT2D eigenvalue weighted by Gasteiger charge is -2.31. The molecule has 2 rings (SSSR count). The average Bonchev–Trinajstić information content (AvgIpc) is 2.76. The van der Waals surface area contributed by atoms with E-state index in [0.29, 0.717) is 44.4 Å². The van der Waals surface area contributed by atoms with E-state index in [-0.39, 0.29) is 24.1 Å². The molecule has 0 fully saturated rings. The van der Waals surface area contributed by atoms with Crippen molar-refractivity contribution in [1.82, 2.24) is 10.2 Å². The fourth-order valence-corrected chi connectivity index (χ4v) is 4.80. The standard InChI is InChI=1S/C23H26Cl4N2O2S/c1-3-10-28-23(31)21(4-2)29(12-16-17(24)6-5-7-18(16)25)22(30)14-32-13-15-8-9-19(26)20(27)11-15/h5-9,11,21H,3-4,10,12-14H2,1-2H3,(H,28,31)/t21-/m0/s1. The normalized spacial score (nSPS) is 11.8. The first-order chi connectivity index (χ1) is 15.3. The first-order valence-electron chi connectivity index (χ1n) is 10.3. The van der Waals surface area contributed by atoms with Crippen molar-refractivity contribution in [1.29, 1.82) is 0 Å². The highest BCUT2D eigenvalue weighted by Crippen LogP contribution is 2.28. The van der Waals surface area contributed by atoms with Crippen LogP contribution >= 0.6 is 58.2 Å².